The van der Waals surface area contributed by atoms with Crippen LogP contribution in [0.3, 0.4) is 0 Å². The molecule has 0 unspecified atom stereocenters. The average molecular weight is 206 g/mol. The normalized spacial score (nSPS) is 10.5. The van der Waals surface area contributed by atoms with Crippen LogP contribution in [0, 0.1) is 0 Å². The van der Waals surface area contributed by atoms with Crippen molar-refractivity contribution in [2.45, 2.75) is 6.42 Å². The lowest BCUT2D eigenvalue weighted by Crippen LogP contribution is -2.02. The lowest BCUT2D eigenvalue weighted by Gasteiger charge is -1.93. The third-order valence-corrected chi connectivity index (χ3v) is 2.10. The molecule has 1 aromatic heterocycles. The average Bonchev–Trinajstić information content (AvgIpc) is 2.59. The van der Waals surface area contributed by atoms with E-state index in [4.69, 9.17) is 4.42 Å². The molecule has 0 atom stereocenters. The number of carbonyl (C=O) groups excluding carboxylic acids is 1. The number of methoxy groups -OCH3 is 1. The van der Waals surface area contributed by atoms with Gasteiger partial charge in [0.2, 0.25) is 0 Å². The van der Waals surface area contributed by atoms with Gasteiger partial charge in [0, 0.05) is 5.39 Å². The Balaban J connectivity index is 2.34. The quantitative estimate of drug-likeness (QED) is 0.762. The fourth-order valence-electron chi connectivity index (χ4n) is 1.39. The van der Waals surface area contributed by atoms with E-state index < -0.39 is 0 Å². The maximum Gasteiger partial charge on any atom is 0.313 e. The van der Waals surface area contributed by atoms with Gasteiger partial charge in [-0.25, -0.2) is 0 Å². The molecule has 1 heterocycles. The molecule has 78 valence electrons. The van der Waals surface area contributed by atoms with E-state index in [2.05, 4.69) is 4.74 Å². The molecular weight excluding hydrogens is 196 g/mol. The fourth-order valence-corrected chi connectivity index (χ4v) is 1.39. The zero-order valence-electron chi connectivity index (χ0n) is 8.19. The molecule has 0 bridgehead atoms. The predicted molar refractivity (Wildman–Crippen MR) is 53.6 cm³/mol. The Labute approximate surface area is 86.1 Å². The molecule has 0 aliphatic heterocycles. The summed E-state index contributed by atoms with van der Waals surface area (Å²) in [5, 5.41) is 10.0. The highest BCUT2D eigenvalue weighted by Crippen LogP contribution is 2.23. The monoisotopic (exact) mass is 206 g/mol. The third kappa shape index (κ3) is 1.93. The number of hydrogen-bond donors (Lipinski definition) is 1. The second-order valence-electron chi connectivity index (χ2n) is 3.19. The maximum absolute atomic E-state index is 11.0. The van der Waals surface area contributed by atoms with Gasteiger partial charge in [0.15, 0.2) is 0 Å². The number of fused-ring (bicyclic) bond motifs is 1. The van der Waals surface area contributed by atoms with Crippen LogP contribution in [-0.4, -0.2) is 18.2 Å². The van der Waals surface area contributed by atoms with Crippen molar-refractivity contribution in [1.29, 1.82) is 0 Å². The van der Waals surface area contributed by atoms with Gasteiger partial charge >= 0.3 is 5.97 Å². The molecular formula is C11H10O4. The van der Waals surface area contributed by atoms with Crippen LogP contribution >= 0.6 is 0 Å². The number of ether oxygens (including phenoxy) is 1. The third-order valence-electron chi connectivity index (χ3n) is 2.10. The zero-order valence-corrected chi connectivity index (χ0v) is 8.19. The minimum Gasteiger partial charge on any atom is -0.508 e. The van der Waals surface area contributed by atoms with Gasteiger partial charge in [0.05, 0.1) is 7.11 Å². The van der Waals surface area contributed by atoms with E-state index in [1.807, 2.05) is 0 Å². The summed E-state index contributed by atoms with van der Waals surface area (Å²) in [7, 11) is 1.33. The van der Waals surface area contributed by atoms with E-state index in [0.29, 0.717) is 11.3 Å². The van der Waals surface area contributed by atoms with Crippen LogP contribution in [0.1, 0.15) is 5.76 Å². The van der Waals surface area contributed by atoms with Gasteiger partial charge in [0.25, 0.3) is 0 Å². The molecule has 0 aliphatic carbocycles. The highest BCUT2D eigenvalue weighted by atomic mass is 16.5. The van der Waals surface area contributed by atoms with E-state index in [0.717, 1.165) is 5.39 Å². The van der Waals surface area contributed by atoms with Crippen molar-refractivity contribution in [2.75, 3.05) is 7.11 Å². The topological polar surface area (TPSA) is 59.7 Å². The van der Waals surface area contributed by atoms with Crippen molar-refractivity contribution in [3.63, 3.8) is 0 Å². The van der Waals surface area contributed by atoms with Crippen molar-refractivity contribution in [3.05, 3.63) is 30.0 Å². The molecule has 15 heavy (non-hydrogen) atoms. The molecule has 0 spiro atoms. The minimum absolute atomic E-state index is 0.103. The first-order chi connectivity index (χ1) is 7.19. The molecule has 4 heteroatoms. The van der Waals surface area contributed by atoms with Gasteiger partial charge in [-0.1, -0.05) is 0 Å². The first kappa shape index (κ1) is 9.58. The van der Waals surface area contributed by atoms with Crippen molar-refractivity contribution < 1.29 is 19.1 Å². The second kappa shape index (κ2) is 3.65. The Morgan fingerprint density at radius 3 is 3.00 bits per heavy atom. The summed E-state index contributed by atoms with van der Waals surface area (Å²) in [6, 6.07) is 6.49. The van der Waals surface area contributed by atoms with Crippen LogP contribution in [0.25, 0.3) is 11.0 Å². The molecule has 4 nitrogen and oxygen atoms in total. The summed E-state index contributed by atoms with van der Waals surface area (Å²) >= 11 is 0. The lowest BCUT2D eigenvalue weighted by atomic mass is 10.2. The van der Waals surface area contributed by atoms with Gasteiger partial charge in [-0.2, -0.15) is 0 Å². The SMILES string of the molecule is COC(=O)Cc1cc2cc(O)ccc2o1. The van der Waals surface area contributed by atoms with Gasteiger partial charge in [-0.05, 0) is 24.3 Å². The summed E-state index contributed by atoms with van der Waals surface area (Å²) in [4.78, 5) is 11.0. The summed E-state index contributed by atoms with van der Waals surface area (Å²) in [5.41, 5.74) is 0.645. The standard InChI is InChI=1S/C11H10O4/c1-14-11(13)6-9-5-7-4-8(12)2-3-10(7)15-9/h2-5,12H,6H2,1H3. The molecule has 0 radical (unpaired) electrons. The first-order valence-electron chi connectivity index (χ1n) is 4.47. The predicted octanol–water partition coefficient (Wildman–Crippen LogP) is 1.85. The molecule has 0 amide bonds. The second-order valence-corrected chi connectivity index (χ2v) is 3.19. The Bertz CT molecular complexity index is 498. The summed E-state index contributed by atoms with van der Waals surface area (Å²) in [6.07, 6.45) is 0.103. The molecule has 0 saturated carbocycles. The van der Waals surface area contributed by atoms with E-state index in [1.54, 1.807) is 18.2 Å². The van der Waals surface area contributed by atoms with Crippen LogP contribution in [0.2, 0.25) is 0 Å². The largest absolute Gasteiger partial charge is 0.508 e. The highest BCUT2D eigenvalue weighted by Gasteiger charge is 2.09. The van der Waals surface area contributed by atoms with Crippen LogP contribution in [0.4, 0.5) is 0 Å². The Hall–Kier alpha value is -1.97. The summed E-state index contributed by atoms with van der Waals surface area (Å²) < 4.78 is 9.91. The number of aromatic hydroxyl groups is 1. The fraction of sp³-hybridized carbons (Fsp3) is 0.182. The van der Waals surface area contributed by atoms with Crippen LogP contribution in [0.5, 0.6) is 5.75 Å². The minimum atomic E-state index is -0.349. The van der Waals surface area contributed by atoms with Gasteiger partial charge in [0.1, 0.15) is 23.5 Å². The smallest absolute Gasteiger partial charge is 0.313 e. The Kier molecular flexibility index (Phi) is 2.33. The molecule has 0 saturated heterocycles. The van der Waals surface area contributed by atoms with Crippen LogP contribution in [0.15, 0.2) is 28.7 Å². The highest BCUT2D eigenvalue weighted by molar-refractivity contribution is 5.81. The van der Waals surface area contributed by atoms with E-state index in [9.17, 15) is 9.90 Å². The molecule has 0 aliphatic rings. The molecule has 1 aromatic carbocycles. The molecule has 2 aromatic rings. The maximum atomic E-state index is 11.0. The van der Waals surface area contributed by atoms with E-state index >= 15 is 0 Å². The Morgan fingerprint density at radius 1 is 1.47 bits per heavy atom. The van der Waals surface area contributed by atoms with Crippen molar-refractivity contribution in [3.8, 4) is 5.75 Å². The van der Waals surface area contributed by atoms with Crippen LogP contribution < -0.4 is 0 Å². The molecule has 1 N–H and O–H groups in total. The number of esters is 1. The number of carbonyl (C=O) groups is 1. The van der Waals surface area contributed by atoms with Crippen LogP contribution in [-0.2, 0) is 16.0 Å². The number of furan rings is 1. The Morgan fingerprint density at radius 2 is 2.27 bits per heavy atom. The number of phenolic OH excluding ortho intramolecular Hbond substituents is 1. The van der Waals surface area contributed by atoms with Crippen molar-refractivity contribution >= 4 is 16.9 Å². The van der Waals surface area contributed by atoms with E-state index in [1.165, 1.54) is 13.2 Å². The summed E-state index contributed by atoms with van der Waals surface area (Å²) in [5.74, 6) is 0.355. The number of rotatable bonds is 2. The first-order valence-corrected chi connectivity index (χ1v) is 4.47. The molecule has 0 fully saturated rings. The van der Waals surface area contributed by atoms with Gasteiger partial charge in [-0.3, -0.25) is 4.79 Å². The van der Waals surface area contributed by atoms with Gasteiger partial charge < -0.3 is 14.3 Å². The van der Waals surface area contributed by atoms with Gasteiger partial charge in [-0.15, -0.1) is 0 Å². The van der Waals surface area contributed by atoms with Crippen molar-refractivity contribution in [2.24, 2.45) is 0 Å². The number of benzene rings is 1. The van der Waals surface area contributed by atoms with E-state index in [-0.39, 0.29) is 18.1 Å². The van der Waals surface area contributed by atoms with Crippen molar-refractivity contribution in [1.82, 2.24) is 0 Å². The number of phenols is 1. The number of hydrogen-bond acceptors (Lipinski definition) is 4. The summed E-state index contributed by atoms with van der Waals surface area (Å²) in [6.45, 7) is 0. The zero-order chi connectivity index (χ0) is 10.8. The molecule has 2 rings (SSSR count). The lowest BCUT2D eigenvalue weighted by molar-refractivity contribution is -0.140.